The van der Waals surface area contributed by atoms with Gasteiger partial charge in [0.1, 0.15) is 12.1 Å². The molecule has 0 saturated heterocycles. The summed E-state index contributed by atoms with van der Waals surface area (Å²) < 4.78 is 0. The van der Waals surface area contributed by atoms with E-state index in [4.69, 9.17) is 5.73 Å². The van der Waals surface area contributed by atoms with Gasteiger partial charge in [0.15, 0.2) is 0 Å². The lowest BCUT2D eigenvalue weighted by atomic mass is 9.96. The van der Waals surface area contributed by atoms with Crippen molar-refractivity contribution in [3.05, 3.63) is 35.4 Å². The van der Waals surface area contributed by atoms with Crippen molar-refractivity contribution in [1.82, 2.24) is 9.80 Å². The Kier molecular flexibility index (Phi) is 9.42. The van der Waals surface area contributed by atoms with Crippen molar-refractivity contribution >= 4 is 17.7 Å². The molecule has 3 atom stereocenters. The monoisotopic (exact) mass is 397 g/mol. The van der Waals surface area contributed by atoms with Gasteiger partial charge in [-0.15, -0.1) is 0 Å². The first-order valence-corrected chi connectivity index (χ1v) is 8.80. The SMILES string of the molecule is CC(C)[C@H](O)C(=O)N(C(=O)[C@H](C)N)[C@@H]1C(=O)N(C)CCc2ccccc21.O.O. The molecule has 1 aromatic rings. The number of nitrogens with two attached hydrogens (primary N) is 1. The highest BCUT2D eigenvalue weighted by Crippen LogP contribution is 2.31. The Morgan fingerprint density at radius 2 is 1.75 bits per heavy atom. The number of imide groups is 1. The third-order valence-electron chi connectivity index (χ3n) is 4.68. The van der Waals surface area contributed by atoms with E-state index < -0.39 is 35.9 Å². The van der Waals surface area contributed by atoms with Crippen LogP contribution in [0.1, 0.15) is 37.9 Å². The van der Waals surface area contributed by atoms with Crippen molar-refractivity contribution in [3.63, 3.8) is 0 Å². The second-order valence-electron chi connectivity index (χ2n) is 7.14. The Morgan fingerprint density at radius 3 is 2.29 bits per heavy atom. The number of aliphatic hydroxyl groups is 1. The van der Waals surface area contributed by atoms with Gasteiger partial charge in [0.25, 0.3) is 5.91 Å². The van der Waals surface area contributed by atoms with Gasteiger partial charge in [0, 0.05) is 13.6 Å². The molecule has 1 aromatic carbocycles. The molecule has 1 heterocycles. The normalized spacial score (nSPS) is 18.2. The maximum Gasteiger partial charge on any atom is 0.259 e. The van der Waals surface area contributed by atoms with Gasteiger partial charge in [-0.05, 0) is 30.4 Å². The number of rotatable bonds is 4. The smallest absolute Gasteiger partial charge is 0.259 e. The second-order valence-corrected chi connectivity index (χ2v) is 7.14. The van der Waals surface area contributed by atoms with Gasteiger partial charge in [-0.25, -0.2) is 0 Å². The molecule has 0 unspecified atom stereocenters. The fourth-order valence-corrected chi connectivity index (χ4v) is 3.03. The first-order valence-electron chi connectivity index (χ1n) is 8.80. The summed E-state index contributed by atoms with van der Waals surface area (Å²) in [6.07, 6.45) is -0.776. The number of hydrogen-bond acceptors (Lipinski definition) is 5. The van der Waals surface area contributed by atoms with Crippen LogP contribution in [0.15, 0.2) is 24.3 Å². The summed E-state index contributed by atoms with van der Waals surface area (Å²) in [4.78, 5) is 41.1. The zero-order valence-corrected chi connectivity index (χ0v) is 16.7. The highest BCUT2D eigenvalue weighted by Gasteiger charge is 2.43. The van der Waals surface area contributed by atoms with Crippen LogP contribution in [0.25, 0.3) is 0 Å². The summed E-state index contributed by atoms with van der Waals surface area (Å²) in [5.74, 6) is -2.25. The molecule has 9 nitrogen and oxygen atoms in total. The van der Waals surface area contributed by atoms with Gasteiger partial charge in [0.05, 0.1) is 6.04 Å². The summed E-state index contributed by atoms with van der Waals surface area (Å²) in [6, 6.07) is 5.14. The predicted molar refractivity (Wildman–Crippen MR) is 104 cm³/mol. The van der Waals surface area contributed by atoms with Gasteiger partial charge in [0.2, 0.25) is 11.8 Å². The molecule has 0 aliphatic carbocycles. The van der Waals surface area contributed by atoms with Gasteiger partial charge in [-0.1, -0.05) is 38.1 Å². The molecule has 0 saturated carbocycles. The van der Waals surface area contributed by atoms with Gasteiger partial charge in [-0.2, -0.15) is 0 Å². The van der Waals surface area contributed by atoms with Crippen molar-refractivity contribution in [2.75, 3.05) is 13.6 Å². The van der Waals surface area contributed by atoms with E-state index in [1.165, 1.54) is 11.8 Å². The Labute approximate surface area is 164 Å². The van der Waals surface area contributed by atoms with Crippen molar-refractivity contribution in [1.29, 1.82) is 0 Å². The average Bonchev–Trinajstić information content (AvgIpc) is 2.73. The molecule has 0 bridgehead atoms. The minimum absolute atomic E-state index is 0. The zero-order valence-electron chi connectivity index (χ0n) is 16.7. The van der Waals surface area contributed by atoms with E-state index in [0.29, 0.717) is 18.5 Å². The van der Waals surface area contributed by atoms with Crippen LogP contribution < -0.4 is 5.73 Å². The fraction of sp³-hybridized carbons (Fsp3) is 0.526. The molecule has 0 radical (unpaired) electrons. The number of carbonyl (C=O) groups is 3. The molecule has 0 fully saturated rings. The molecule has 7 N–H and O–H groups in total. The highest BCUT2D eigenvalue weighted by molar-refractivity contribution is 6.04. The molecular formula is C19H31N3O6. The molecule has 9 heteroatoms. The Bertz CT molecular complexity index is 707. The number of benzene rings is 1. The Balaban J connectivity index is 0.00000364. The van der Waals surface area contributed by atoms with Crippen LogP contribution >= 0.6 is 0 Å². The summed E-state index contributed by atoms with van der Waals surface area (Å²) in [6.45, 7) is 5.28. The van der Waals surface area contributed by atoms with Gasteiger partial charge >= 0.3 is 0 Å². The number of amides is 3. The van der Waals surface area contributed by atoms with E-state index in [2.05, 4.69) is 0 Å². The first kappa shape index (κ1) is 25.7. The fourth-order valence-electron chi connectivity index (χ4n) is 3.03. The first-order chi connectivity index (χ1) is 12.2. The minimum atomic E-state index is -1.40. The molecule has 1 aliphatic rings. The Morgan fingerprint density at radius 1 is 1.18 bits per heavy atom. The van der Waals surface area contributed by atoms with E-state index >= 15 is 0 Å². The van der Waals surface area contributed by atoms with E-state index in [1.807, 2.05) is 12.1 Å². The molecule has 1 aliphatic heterocycles. The lowest BCUT2D eigenvalue weighted by molar-refractivity contribution is -0.161. The van der Waals surface area contributed by atoms with Gasteiger partial charge in [-0.3, -0.25) is 19.3 Å². The van der Waals surface area contributed by atoms with Crippen LogP contribution in [-0.4, -0.2) is 69.3 Å². The molecular weight excluding hydrogens is 366 g/mol. The lowest BCUT2D eigenvalue weighted by Gasteiger charge is -2.34. The topological polar surface area (TPSA) is 167 Å². The van der Waals surface area contributed by atoms with E-state index in [-0.39, 0.29) is 16.9 Å². The van der Waals surface area contributed by atoms with Crippen LogP contribution in [-0.2, 0) is 20.8 Å². The lowest BCUT2D eigenvalue weighted by Crippen LogP contribution is -2.54. The van der Waals surface area contributed by atoms with Crippen LogP contribution in [0.5, 0.6) is 0 Å². The second kappa shape index (κ2) is 10.3. The summed E-state index contributed by atoms with van der Waals surface area (Å²) in [5.41, 5.74) is 7.24. The molecule has 28 heavy (non-hydrogen) atoms. The van der Waals surface area contributed by atoms with Crippen LogP contribution in [0.4, 0.5) is 0 Å². The number of likely N-dealkylation sites (N-methyl/N-ethyl adjacent to an activating group) is 1. The molecule has 0 spiro atoms. The predicted octanol–water partition coefficient (Wildman–Crippen LogP) is -1.19. The van der Waals surface area contributed by atoms with Crippen molar-refractivity contribution in [2.45, 2.75) is 45.4 Å². The summed E-state index contributed by atoms with van der Waals surface area (Å²) in [7, 11) is 1.64. The maximum atomic E-state index is 13.0. The van der Waals surface area contributed by atoms with E-state index in [1.54, 1.807) is 33.0 Å². The molecule has 2 rings (SSSR count). The van der Waals surface area contributed by atoms with Crippen LogP contribution in [0, 0.1) is 5.92 Å². The summed E-state index contributed by atoms with van der Waals surface area (Å²) in [5, 5.41) is 10.3. The van der Waals surface area contributed by atoms with Crippen molar-refractivity contribution in [3.8, 4) is 0 Å². The standard InChI is InChI=1S/C19H27N3O4.2H2O/c1-11(2)16(23)19(26)22(17(24)12(3)20)15-14-8-6-5-7-13(14)9-10-21(4)18(15)25;;/h5-8,11-12,15-16,23H,9-10,20H2,1-4H3;2*1H2/t12-,15-,16-;;/m0../s1. The Hall–Kier alpha value is -2.33. The number of hydrogen-bond donors (Lipinski definition) is 2. The number of fused-ring (bicyclic) bond motifs is 1. The van der Waals surface area contributed by atoms with Crippen molar-refractivity contribution in [2.24, 2.45) is 11.7 Å². The summed E-state index contributed by atoms with van der Waals surface area (Å²) >= 11 is 0. The van der Waals surface area contributed by atoms with Crippen molar-refractivity contribution < 1.29 is 30.4 Å². The molecule has 0 aromatic heterocycles. The third kappa shape index (κ3) is 4.93. The number of aliphatic hydroxyl groups excluding tert-OH is 1. The minimum Gasteiger partial charge on any atom is -0.412 e. The molecule has 158 valence electrons. The largest absolute Gasteiger partial charge is 0.412 e. The average molecular weight is 397 g/mol. The zero-order chi connectivity index (χ0) is 19.6. The van der Waals surface area contributed by atoms with E-state index in [9.17, 15) is 19.5 Å². The van der Waals surface area contributed by atoms with Crippen LogP contribution in [0.3, 0.4) is 0 Å². The van der Waals surface area contributed by atoms with Gasteiger partial charge < -0.3 is 26.7 Å². The number of nitrogens with zero attached hydrogens (tertiary/aromatic N) is 2. The quantitative estimate of drug-likeness (QED) is 0.650. The maximum absolute atomic E-state index is 13.0. The third-order valence-corrected chi connectivity index (χ3v) is 4.68. The molecule has 3 amide bonds. The number of carbonyl (C=O) groups excluding carboxylic acids is 3. The van der Waals surface area contributed by atoms with E-state index in [0.717, 1.165) is 10.5 Å². The van der Waals surface area contributed by atoms with Crippen LogP contribution in [0.2, 0.25) is 0 Å². The highest BCUT2D eigenvalue weighted by atomic mass is 16.3.